The van der Waals surface area contributed by atoms with E-state index in [4.69, 9.17) is 0 Å². The van der Waals surface area contributed by atoms with Crippen molar-refractivity contribution in [3.05, 3.63) is 35.6 Å². The van der Waals surface area contributed by atoms with Crippen LogP contribution >= 0.6 is 0 Å². The quantitative estimate of drug-likeness (QED) is 0.840. The molecule has 1 aromatic rings. The molecule has 0 aromatic heterocycles. The highest BCUT2D eigenvalue weighted by atomic mass is 19.1. The van der Waals surface area contributed by atoms with Gasteiger partial charge in [0.2, 0.25) is 0 Å². The summed E-state index contributed by atoms with van der Waals surface area (Å²) in [6.07, 6.45) is 5.55. The van der Waals surface area contributed by atoms with Crippen LogP contribution in [0.2, 0.25) is 0 Å². The van der Waals surface area contributed by atoms with Crippen molar-refractivity contribution >= 4 is 0 Å². The van der Waals surface area contributed by atoms with Gasteiger partial charge in [-0.3, -0.25) is 0 Å². The molecular formula is C15H20FN. The molecule has 4 atom stereocenters. The standard InChI is InChI=1S/C15H20FN/c1-10(12-3-2-4-14(16)9-12)17-15-8-11-5-6-13(15)7-11/h2-4,9-11,13,15,17H,5-8H2,1H3/t10-,11?,13?,15?/m1/s1. The van der Waals surface area contributed by atoms with Crippen molar-refractivity contribution in [3.63, 3.8) is 0 Å². The number of hydrogen-bond acceptors (Lipinski definition) is 1. The Hall–Kier alpha value is -0.890. The van der Waals surface area contributed by atoms with E-state index >= 15 is 0 Å². The Morgan fingerprint density at radius 1 is 1.29 bits per heavy atom. The maximum atomic E-state index is 13.2. The van der Waals surface area contributed by atoms with Crippen LogP contribution in [0, 0.1) is 17.7 Å². The molecule has 1 nitrogen and oxygen atoms in total. The Morgan fingerprint density at radius 3 is 2.82 bits per heavy atom. The lowest BCUT2D eigenvalue weighted by atomic mass is 9.94. The summed E-state index contributed by atoms with van der Waals surface area (Å²) in [5.74, 6) is 1.69. The van der Waals surface area contributed by atoms with Crippen molar-refractivity contribution in [3.8, 4) is 0 Å². The zero-order valence-corrected chi connectivity index (χ0v) is 10.3. The lowest BCUT2D eigenvalue weighted by Gasteiger charge is -2.27. The topological polar surface area (TPSA) is 12.0 Å². The third-order valence-electron chi connectivity index (χ3n) is 4.55. The largest absolute Gasteiger partial charge is 0.307 e. The third kappa shape index (κ3) is 2.23. The van der Waals surface area contributed by atoms with Crippen molar-refractivity contribution in [2.75, 3.05) is 0 Å². The van der Waals surface area contributed by atoms with Crippen LogP contribution in [0.1, 0.15) is 44.2 Å². The zero-order chi connectivity index (χ0) is 11.8. The van der Waals surface area contributed by atoms with E-state index in [0.717, 1.165) is 17.4 Å². The van der Waals surface area contributed by atoms with E-state index in [0.29, 0.717) is 6.04 Å². The molecule has 0 spiro atoms. The molecule has 17 heavy (non-hydrogen) atoms. The van der Waals surface area contributed by atoms with Gasteiger partial charge in [0.25, 0.3) is 0 Å². The molecule has 0 heterocycles. The number of hydrogen-bond donors (Lipinski definition) is 1. The van der Waals surface area contributed by atoms with Crippen LogP contribution in [0.25, 0.3) is 0 Å². The molecule has 2 heteroatoms. The van der Waals surface area contributed by atoms with E-state index < -0.39 is 0 Å². The van der Waals surface area contributed by atoms with E-state index in [1.165, 1.54) is 31.7 Å². The molecular weight excluding hydrogens is 213 g/mol. The van der Waals surface area contributed by atoms with Gasteiger partial charge in [-0.1, -0.05) is 18.6 Å². The van der Waals surface area contributed by atoms with Crippen LogP contribution in [0.3, 0.4) is 0 Å². The predicted octanol–water partition coefficient (Wildman–Crippen LogP) is 3.66. The van der Waals surface area contributed by atoms with Crippen molar-refractivity contribution in [1.82, 2.24) is 5.32 Å². The fourth-order valence-corrected chi connectivity index (χ4v) is 3.64. The first-order valence-corrected chi connectivity index (χ1v) is 6.74. The van der Waals surface area contributed by atoms with Gasteiger partial charge < -0.3 is 5.32 Å². The average molecular weight is 233 g/mol. The van der Waals surface area contributed by atoms with Crippen molar-refractivity contribution in [1.29, 1.82) is 0 Å². The molecule has 3 rings (SSSR count). The summed E-state index contributed by atoms with van der Waals surface area (Å²) in [7, 11) is 0. The Balaban J connectivity index is 1.65. The average Bonchev–Trinajstić information content (AvgIpc) is 2.91. The number of halogens is 1. The van der Waals surface area contributed by atoms with Gasteiger partial charge in [0, 0.05) is 12.1 Å². The maximum Gasteiger partial charge on any atom is 0.123 e. The molecule has 1 N–H and O–H groups in total. The monoisotopic (exact) mass is 233 g/mol. The van der Waals surface area contributed by atoms with E-state index in [9.17, 15) is 4.39 Å². The minimum absolute atomic E-state index is 0.135. The first-order chi connectivity index (χ1) is 8.22. The second-order valence-electron chi connectivity index (χ2n) is 5.72. The fourth-order valence-electron chi connectivity index (χ4n) is 3.64. The summed E-state index contributed by atoms with van der Waals surface area (Å²) in [6, 6.07) is 7.87. The summed E-state index contributed by atoms with van der Waals surface area (Å²) < 4.78 is 13.2. The second-order valence-corrected chi connectivity index (χ2v) is 5.72. The molecule has 2 saturated carbocycles. The molecule has 92 valence electrons. The Kier molecular flexibility index (Phi) is 2.91. The van der Waals surface area contributed by atoms with Crippen LogP contribution < -0.4 is 5.32 Å². The highest BCUT2D eigenvalue weighted by molar-refractivity contribution is 5.20. The smallest absolute Gasteiger partial charge is 0.123 e. The second kappa shape index (κ2) is 4.41. The number of fused-ring (bicyclic) bond motifs is 2. The van der Waals surface area contributed by atoms with Crippen LogP contribution in [0.4, 0.5) is 4.39 Å². The normalized spacial score (nSPS) is 32.9. The summed E-state index contributed by atoms with van der Waals surface area (Å²) >= 11 is 0. The molecule has 0 radical (unpaired) electrons. The summed E-state index contributed by atoms with van der Waals surface area (Å²) in [5.41, 5.74) is 1.06. The first kappa shape index (κ1) is 11.2. The van der Waals surface area contributed by atoms with Gasteiger partial charge in [-0.2, -0.15) is 0 Å². The Labute approximate surface area is 102 Å². The Bertz CT molecular complexity index is 404. The molecule has 2 fully saturated rings. The van der Waals surface area contributed by atoms with Crippen molar-refractivity contribution in [2.24, 2.45) is 11.8 Å². The number of benzene rings is 1. The molecule has 1 aromatic carbocycles. The van der Waals surface area contributed by atoms with Crippen molar-refractivity contribution in [2.45, 2.75) is 44.7 Å². The number of nitrogens with one attached hydrogen (secondary N) is 1. The molecule has 2 bridgehead atoms. The lowest BCUT2D eigenvalue weighted by molar-refractivity contribution is 0.326. The van der Waals surface area contributed by atoms with E-state index in [2.05, 4.69) is 12.2 Å². The minimum Gasteiger partial charge on any atom is -0.307 e. The van der Waals surface area contributed by atoms with E-state index in [1.54, 1.807) is 12.1 Å². The van der Waals surface area contributed by atoms with Gasteiger partial charge >= 0.3 is 0 Å². The van der Waals surface area contributed by atoms with Crippen LogP contribution in [0.5, 0.6) is 0 Å². The van der Waals surface area contributed by atoms with Crippen LogP contribution in [-0.4, -0.2) is 6.04 Å². The highest BCUT2D eigenvalue weighted by Crippen LogP contribution is 2.45. The van der Waals surface area contributed by atoms with Gasteiger partial charge in [-0.25, -0.2) is 4.39 Å². The van der Waals surface area contributed by atoms with Crippen LogP contribution in [0.15, 0.2) is 24.3 Å². The molecule has 2 aliphatic carbocycles. The van der Waals surface area contributed by atoms with Crippen LogP contribution in [-0.2, 0) is 0 Å². The maximum absolute atomic E-state index is 13.2. The highest BCUT2D eigenvalue weighted by Gasteiger charge is 2.39. The summed E-state index contributed by atoms with van der Waals surface area (Å²) in [5, 5.41) is 3.69. The molecule has 0 amide bonds. The third-order valence-corrected chi connectivity index (χ3v) is 4.55. The van der Waals surface area contributed by atoms with Gasteiger partial charge in [0.15, 0.2) is 0 Å². The Morgan fingerprint density at radius 2 is 2.18 bits per heavy atom. The lowest BCUT2D eigenvalue weighted by Crippen LogP contribution is -2.35. The first-order valence-electron chi connectivity index (χ1n) is 6.74. The zero-order valence-electron chi connectivity index (χ0n) is 10.3. The SMILES string of the molecule is C[C@@H](NC1CC2CCC1C2)c1cccc(F)c1. The summed E-state index contributed by atoms with van der Waals surface area (Å²) in [6.45, 7) is 2.14. The van der Waals surface area contributed by atoms with Gasteiger partial charge in [-0.05, 0) is 55.7 Å². The number of rotatable bonds is 3. The molecule has 2 aliphatic rings. The fraction of sp³-hybridized carbons (Fsp3) is 0.600. The predicted molar refractivity (Wildman–Crippen MR) is 67.2 cm³/mol. The van der Waals surface area contributed by atoms with Gasteiger partial charge in [0.05, 0.1) is 0 Å². The van der Waals surface area contributed by atoms with E-state index in [-0.39, 0.29) is 11.9 Å². The van der Waals surface area contributed by atoms with E-state index in [1.807, 2.05) is 6.07 Å². The minimum atomic E-state index is -0.135. The molecule has 0 aliphatic heterocycles. The van der Waals surface area contributed by atoms with Gasteiger partial charge in [0.1, 0.15) is 5.82 Å². The van der Waals surface area contributed by atoms with Crippen molar-refractivity contribution < 1.29 is 4.39 Å². The van der Waals surface area contributed by atoms with Gasteiger partial charge in [-0.15, -0.1) is 0 Å². The summed E-state index contributed by atoms with van der Waals surface area (Å²) in [4.78, 5) is 0. The molecule has 3 unspecified atom stereocenters. The molecule has 0 saturated heterocycles.